The van der Waals surface area contributed by atoms with Gasteiger partial charge in [0.05, 0.1) is 11.6 Å². The van der Waals surface area contributed by atoms with Gasteiger partial charge in [0.2, 0.25) is 0 Å². The van der Waals surface area contributed by atoms with Gasteiger partial charge < -0.3 is 4.42 Å². The molecule has 2 fully saturated rings. The van der Waals surface area contributed by atoms with Crippen LogP contribution in [0, 0.1) is 5.92 Å². The van der Waals surface area contributed by atoms with Crippen LogP contribution in [0.15, 0.2) is 16.9 Å². The highest BCUT2D eigenvalue weighted by Gasteiger charge is 2.60. The van der Waals surface area contributed by atoms with E-state index in [2.05, 4.69) is 4.98 Å². The molecule has 1 aromatic heterocycles. The Labute approximate surface area is 65.6 Å². The highest BCUT2D eigenvalue weighted by molar-refractivity contribution is 5.23. The maximum absolute atomic E-state index is 5.35. The molecule has 2 aliphatic rings. The fourth-order valence-corrected chi connectivity index (χ4v) is 2.57. The van der Waals surface area contributed by atoms with Gasteiger partial charge in [0.1, 0.15) is 6.26 Å². The summed E-state index contributed by atoms with van der Waals surface area (Å²) in [6.07, 6.45) is 8.84. The molecule has 2 unspecified atom stereocenters. The Morgan fingerprint density at radius 2 is 2.64 bits per heavy atom. The fourth-order valence-electron chi connectivity index (χ4n) is 2.57. The Morgan fingerprint density at radius 3 is 3.18 bits per heavy atom. The molecule has 0 amide bonds. The molecule has 2 nitrogen and oxygen atoms in total. The summed E-state index contributed by atoms with van der Waals surface area (Å²) in [7, 11) is 0. The van der Waals surface area contributed by atoms with Gasteiger partial charge in [-0.05, 0) is 25.2 Å². The minimum absolute atomic E-state index is 0.406. The standard InChI is InChI=1S/C9H11NO/c1-2-7-6-9(7,3-1)8-10-4-5-11-8/h4-5,7H,1-3,6H2. The van der Waals surface area contributed by atoms with Crippen molar-refractivity contribution in [1.29, 1.82) is 0 Å². The first-order chi connectivity index (χ1) is 5.42. The number of nitrogens with zero attached hydrogens (tertiary/aromatic N) is 1. The lowest BCUT2D eigenvalue weighted by molar-refractivity contribution is 0.425. The van der Waals surface area contributed by atoms with Crippen molar-refractivity contribution in [3.63, 3.8) is 0 Å². The van der Waals surface area contributed by atoms with E-state index in [1.807, 2.05) is 0 Å². The number of hydrogen-bond acceptors (Lipinski definition) is 2. The SMILES string of the molecule is c1coc(C23CCCC2C3)n1. The molecule has 0 aromatic carbocycles. The van der Waals surface area contributed by atoms with Gasteiger partial charge in [-0.15, -0.1) is 0 Å². The van der Waals surface area contributed by atoms with E-state index in [1.54, 1.807) is 12.5 Å². The van der Waals surface area contributed by atoms with E-state index in [0.29, 0.717) is 5.41 Å². The summed E-state index contributed by atoms with van der Waals surface area (Å²) in [6.45, 7) is 0. The first-order valence-corrected chi connectivity index (χ1v) is 4.32. The summed E-state index contributed by atoms with van der Waals surface area (Å²) < 4.78 is 5.35. The number of aromatic nitrogens is 1. The number of oxazole rings is 1. The average molecular weight is 149 g/mol. The number of rotatable bonds is 1. The van der Waals surface area contributed by atoms with Crippen LogP contribution in [0.1, 0.15) is 31.6 Å². The second-order valence-corrected chi connectivity index (χ2v) is 3.79. The fraction of sp³-hybridized carbons (Fsp3) is 0.667. The highest BCUT2D eigenvalue weighted by atomic mass is 16.3. The van der Waals surface area contributed by atoms with E-state index < -0.39 is 0 Å². The molecule has 2 aliphatic carbocycles. The summed E-state index contributed by atoms with van der Waals surface area (Å²) in [5, 5.41) is 0. The quantitative estimate of drug-likeness (QED) is 0.611. The smallest absolute Gasteiger partial charge is 0.200 e. The lowest BCUT2D eigenvalue weighted by Crippen LogP contribution is -2.04. The largest absolute Gasteiger partial charge is 0.448 e. The molecule has 2 heteroatoms. The van der Waals surface area contributed by atoms with Crippen LogP contribution in [0.3, 0.4) is 0 Å². The Balaban J connectivity index is 2.01. The van der Waals surface area contributed by atoms with Gasteiger partial charge in [0.25, 0.3) is 0 Å². The Morgan fingerprint density at radius 1 is 1.64 bits per heavy atom. The Kier molecular flexibility index (Phi) is 0.888. The van der Waals surface area contributed by atoms with Gasteiger partial charge in [-0.25, -0.2) is 4.98 Å². The van der Waals surface area contributed by atoms with Gasteiger partial charge in [-0.2, -0.15) is 0 Å². The van der Waals surface area contributed by atoms with Crippen LogP contribution in [-0.4, -0.2) is 4.98 Å². The molecule has 1 aromatic rings. The zero-order valence-electron chi connectivity index (χ0n) is 6.42. The minimum atomic E-state index is 0.406. The molecule has 0 aliphatic heterocycles. The normalized spacial score (nSPS) is 40.5. The van der Waals surface area contributed by atoms with Gasteiger partial charge in [0, 0.05) is 0 Å². The van der Waals surface area contributed by atoms with E-state index in [9.17, 15) is 0 Å². The monoisotopic (exact) mass is 149 g/mol. The molecule has 0 N–H and O–H groups in total. The molecule has 11 heavy (non-hydrogen) atoms. The van der Waals surface area contributed by atoms with Crippen LogP contribution in [0.4, 0.5) is 0 Å². The lowest BCUT2D eigenvalue weighted by atomic mass is 10.0. The van der Waals surface area contributed by atoms with Gasteiger partial charge in [-0.1, -0.05) is 6.42 Å². The van der Waals surface area contributed by atoms with Crippen LogP contribution < -0.4 is 0 Å². The van der Waals surface area contributed by atoms with Crippen molar-refractivity contribution in [2.45, 2.75) is 31.1 Å². The zero-order chi connectivity index (χ0) is 7.31. The zero-order valence-corrected chi connectivity index (χ0v) is 6.42. The molecule has 2 saturated carbocycles. The van der Waals surface area contributed by atoms with Crippen LogP contribution in [0.5, 0.6) is 0 Å². The molecular weight excluding hydrogens is 138 g/mol. The molecule has 0 saturated heterocycles. The van der Waals surface area contributed by atoms with Crippen molar-refractivity contribution < 1.29 is 4.42 Å². The lowest BCUT2D eigenvalue weighted by Gasteiger charge is -2.04. The van der Waals surface area contributed by atoms with Crippen molar-refractivity contribution in [2.75, 3.05) is 0 Å². The van der Waals surface area contributed by atoms with Crippen molar-refractivity contribution in [2.24, 2.45) is 5.92 Å². The molecule has 3 rings (SSSR count). The van der Waals surface area contributed by atoms with Crippen molar-refractivity contribution in [1.82, 2.24) is 4.98 Å². The van der Waals surface area contributed by atoms with Gasteiger partial charge in [-0.3, -0.25) is 0 Å². The molecule has 2 atom stereocenters. The number of hydrogen-bond donors (Lipinski definition) is 0. The molecule has 58 valence electrons. The highest BCUT2D eigenvalue weighted by Crippen LogP contribution is 2.63. The third-order valence-electron chi connectivity index (χ3n) is 3.27. The number of fused-ring (bicyclic) bond motifs is 1. The summed E-state index contributed by atoms with van der Waals surface area (Å²) in [4.78, 5) is 4.24. The average Bonchev–Trinajstić information content (AvgIpc) is 2.56. The topological polar surface area (TPSA) is 26.0 Å². The Hall–Kier alpha value is -0.790. The van der Waals surface area contributed by atoms with E-state index in [4.69, 9.17) is 4.42 Å². The summed E-state index contributed by atoms with van der Waals surface area (Å²) in [5.74, 6) is 1.90. The summed E-state index contributed by atoms with van der Waals surface area (Å²) >= 11 is 0. The van der Waals surface area contributed by atoms with E-state index in [1.165, 1.54) is 25.7 Å². The summed E-state index contributed by atoms with van der Waals surface area (Å²) in [6, 6.07) is 0. The predicted molar refractivity (Wildman–Crippen MR) is 40.1 cm³/mol. The predicted octanol–water partition coefficient (Wildman–Crippen LogP) is 2.12. The van der Waals surface area contributed by atoms with Crippen LogP contribution in [-0.2, 0) is 5.41 Å². The van der Waals surface area contributed by atoms with E-state index in [-0.39, 0.29) is 0 Å². The first-order valence-electron chi connectivity index (χ1n) is 4.32. The molecule has 0 radical (unpaired) electrons. The van der Waals surface area contributed by atoms with Crippen LogP contribution >= 0.6 is 0 Å². The Bertz CT molecular complexity index is 267. The maximum Gasteiger partial charge on any atom is 0.200 e. The van der Waals surface area contributed by atoms with Gasteiger partial charge >= 0.3 is 0 Å². The third-order valence-corrected chi connectivity index (χ3v) is 3.27. The third kappa shape index (κ3) is 0.602. The molecule has 1 heterocycles. The first kappa shape index (κ1) is 5.81. The van der Waals surface area contributed by atoms with Crippen LogP contribution in [0.25, 0.3) is 0 Å². The second-order valence-electron chi connectivity index (χ2n) is 3.79. The van der Waals surface area contributed by atoms with E-state index >= 15 is 0 Å². The molecule has 0 bridgehead atoms. The van der Waals surface area contributed by atoms with Crippen LogP contribution in [0.2, 0.25) is 0 Å². The molecular formula is C9H11NO. The maximum atomic E-state index is 5.35. The van der Waals surface area contributed by atoms with Crippen molar-refractivity contribution >= 4 is 0 Å². The second kappa shape index (κ2) is 1.68. The van der Waals surface area contributed by atoms with Crippen molar-refractivity contribution in [3.8, 4) is 0 Å². The summed E-state index contributed by atoms with van der Waals surface area (Å²) in [5.41, 5.74) is 0.406. The minimum Gasteiger partial charge on any atom is -0.448 e. The van der Waals surface area contributed by atoms with Crippen molar-refractivity contribution in [3.05, 3.63) is 18.4 Å². The van der Waals surface area contributed by atoms with E-state index in [0.717, 1.165) is 11.8 Å². The molecule has 0 spiro atoms. The van der Waals surface area contributed by atoms with Gasteiger partial charge in [0.15, 0.2) is 5.89 Å².